The molecular formula is C13H15NO4. The molecule has 0 aliphatic carbocycles. The van der Waals surface area contributed by atoms with Gasteiger partial charge in [-0.05, 0) is 5.56 Å². The minimum absolute atomic E-state index is 0.244. The smallest absolute Gasteiger partial charge is 0.318 e. The molecule has 1 aromatic rings. The Morgan fingerprint density at radius 3 is 2.67 bits per heavy atom. The Bertz CT molecular complexity index is 446. The highest BCUT2D eigenvalue weighted by molar-refractivity contribution is 6.02. The van der Waals surface area contributed by atoms with Gasteiger partial charge in [0.1, 0.15) is 0 Å². The maximum absolute atomic E-state index is 11.3. The maximum atomic E-state index is 11.3. The molecule has 0 saturated carbocycles. The van der Waals surface area contributed by atoms with E-state index in [2.05, 4.69) is 0 Å². The number of rotatable bonds is 5. The van der Waals surface area contributed by atoms with Gasteiger partial charge in [-0.2, -0.15) is 0 Å². The van der Waals surface area contributed by atoms with Crippen LogP contribution in [0.5, 0.6) is 0 Å². The average molecular weight is 249 g/mol. The molecule has 1 heterocycles. The Morgan fingerprint density at radius 1 is 1.39 bits per heavy atom. The van der Waals surface area contributed by atoms with E-state index in [1.807, 2.05) is 30.3 Å². The number of aliphatic carboxylic acids is 1. The third-order valence-electron chi connectivity index (χ3n) is 3.16. The molecule has 5 nitrogen and oxygen atoms in total. The number of hydrogen-bond acceptors (Lipinski definition) is 3. The van der Waals surface area contributed by atoms with Crippen LogP contribution in [0.15, 0.2) is 30.3 Å². The number of nitrogens with zero attached hydrogens (tertiary/aromatic N) is 1. The third kappa shape index (κ3) is 2.36. The lowest BCUT2D eigenvalue weighted by atomic mass is 9.89. The van der Waals surface area contributed by atoms with Crippen molar-refractivity contribution >= 4 is 11.9 Å². The van der Waals surface area contributed by atoms with Gasteiger partial charge >= 0.3 is 5.97 Å². The van der Waals surface area contributed by atoms with Crippen molar-refractivity contribution in [2.24, 2.45) is 5.92 Å². The predicted molar refractivity (Wildman–Crippen MR) is 63.8 cm³/mol. The van der Waals surface area contributed by atoms with Gasteiger partial charge in [0.25, 0.3) is 0 Å². The molecule has 18 heavy (non-hydrogen) atoms. The second kappa shape index (κ2) is 5.18. The quantitative estimate of drug-likeness (QED) is 0.617. The first-order valence-corrected chi connectivity index (χ1v) is 5.72. The van der Waals surface area contributed by atoms with E-state index in [4.69, 9.17) is 9.84 Å². The van der Waals surface area contributed by atoms with Gasteiger partial charge in [-0.3, -0.25) is 9.59 Å². The molecule has 1 N–H and O–H groups in total. The van der Waals surface area contributed by atoms with Crippen LogP contribution in [0, 0.1) is 5.92 Å². The summed E-state index contributed by atoms with van der Waals surface area (Å²) in [6.45, 7) is 0.666. The SMILES string of the molecule is CN1C(=O)[C@H](C(=O)O)[C@H]1COCc1ccccc1. The zero-order valence-corrected chi connectivity index (χ0v) is 10.1. The molecule has 5 heteroatoms. The maximum Gasteiger partial charge on any atom is 0.318 e. The molecule has 96 valence electrons. The molecule has 1 aromatic carbocycles. The van der Waals surface area contributed by atoms with E-state index in [1.165, 1.54) is 4.90 Å². The molecule has 1 aliphatic heterocycles. The van der Waals surface area contributed by atoms with Gasteiger partial charge in [0, 0.05) is 7.05 Å². The third-order valence-corrected chi connectivity index (χ3v) is 3.16. The lowest BCUT2D eigenvalue weighted by Crippen LogP contribution is -2.63. The summed E-state index contributed by atoms with van der Waals surface area (Å²) in [5, 5.41) is 8.91. The van der Waals surface area contributed by atoms with Crippen LogP contribution in [-0.2, 0) is 20.9 Å². The van der Waals surface area contributed by atoms with E-state index >= 15 is 0 Å². The van der Waals surface area contributed by atoms with E-state index in [0.717, 1.165) is 5.56 Å². The molecule has 0 radical (unpaired) electrons. The Hall–Kier alpha value is -1.88. The van der Waals surface area contributed by atoms with Crippen LogP contribution < -0.4 is 0 Å². The van der Waals surface area contributed by atoms with Crippen molar-refractivity contribution in [3.63, 3.8) is 0 Å². The standard InChI is InChI=1S/C13H15NO4/c1-14-10(11(12(14)15)13(16)17)8-18-7-9-5-3-2-4-6-9/h2-6,10-11H,7-8H2,1H3,(H,16,17)/t10-,11-/m1/s1. The monoisotopic (exact) mass is 249 g/mol. The van der Waals surface area contributed by atoms with Gasteiger partial charge < -0.3 is 14.7 Å². The Balaban J connectivity index is 1.83. The van der Waals surface area contributed by atoms with Gasteiger partial charge in [-0.25, -0.2) is 0 Å². The molecule has 2 rings (SSSR count). The number of carbonyl (C=O) groups is 2. The second-order valence-corrected chi connectivity index (χ2v) is 4.33. The van der Waals surface area contributed by atoms with Crippen molar-refractivity contribution in [2.75, 3.05) is 13.7 Å². The van der Waals surface area contributed by atoms with Crippen LogP contribution in [0.3, 0.4) is 0 Å². The largest absolute Gasteiger partial charge is 0.481 e. The Labute approximate surface area is 105 Å². The first-order chi connectivity index (χ1) is 8.61. The van der Waals surface area contributed by atoms with Crippen LogP contribution in [-0.4, -0.2) is 41.6 Å². The molecule has 0 spiro atoms. The molecule has 1 aliphatic rings. The highest BCUT2D eigenvalue weighted by Crippen LogP contribution is 2.25. The molecule has 1 fully saturated rings. The molecule has 1 saturated heterocycles. The highest BCUT2D eigenvalue weighted by atomic mass is 16.5. The number of likely N-dealkylation sites (tertiary alicyclic amines) is 1. The summed E-state index contributed by atoms with van der Waals surface area (Å²) < 4.78 is 5.47. The van der Waals surface area contributed by atoms with Crippen LogP contribution in [0.1, 0.15) is 5.56 Å². The van der Waals surface area contributed by atoms with Crippen molar-refractivity contribution in [1.29, 1.82) is 0 Å². The predicted octanol–water partition coefficient (Wildman–Crippen LogP) is 0.745. The van der Waals surface area contributed by atoms with Crippen molar-refractivity contribution < 1.29 is 19.4 Å². The first kappa shape index (κ1) is 12.6. The number of benzene rings is 1. The average Bonchev–Trinajstić information content (AvgIpc) is 2.37. The minimum Gasteiger partial charge on any atom is -0.481 e. The number of carboxylic acids is 1. The van der Waals surface area contributed by atoms with Crippen LogP contribution in [0.2, 0.25) is 0 Å². The summed E-state index contributed by atoms with van der Waals surface area (Å²) in [6, 6.07) is 9.26. The summed E-state index contributed by atoms with van der Waals surface area (Å²) in [4.78, 5) is 23.6. The van der Waals surface area contributed by atoms with E-state index in [0.29, 0.717) is 6.61 Å². The summed E-state index contributed by atoms with van der Waals surface area (Å²) in [6.07, 6.45) is 0. The Kier molecular flexibility index (Phi) is 3.62. The highest BCUT2D eigenvalue weighted by Gasteiger charge is 2.49. The van der Waals surface area contributed by atoms with Crippen LogP contribution >= 0.6 is 0 Å². The van der Waals surface area contributed by atoms with Crippen molar-refractivity contribution in [3.8, 4) is 0 Å². The van der Waals surface area contributed by atoms with Crippen LogP contribution in [0.25, 0.3) is 0 Å². The molecule has 0 bridgehead atoms. The zero-order chi connectivity index (χ0) is 13.1. The second-order valence-electron chi connectivity index (χ2n) is 4.33. The fourth-order valence-corrected chi connectivity index (χ4v) is 2.04. The summed E-state index contributed by atoms with van der Waals surface area (Å²) in [7, 11) is 1.60. The van der Waals surface area contributed by atoms with Gasteiger partial charge in [0.15, 0.2) is 5.92 Å². The van der Waals surface area contributed by atoms with Gasteiger partial charge in [0.05, 0.1) is 19.3 Å². The number of likely N-dealkylation sites (N-methyl/N-ethyl adjacent to an activating group) is 1. The molecule has 2 atom stereocenters. The van der Waals surface area contributed by atoms with Crippen molar-refractivity contribution in [2.45, 2.75) is 12.6 Å². The fourth-order valence-electron chi connectivity index (χ4n) is 2.04. The summed E-state index contributed by atoms with van der Waals surface area (Å²) >= 11 is 0. The molecule has 1 amide bonds. The number of amides is 1. The molecule has 0 unspecified atom stereocenters. The number of carbonyl (C=O) groups excluding carboxylic acids is 1. The Morgan fingerprint density at radius 2 is 2.06 bits per heavy atom. The van der Waals surface area contributed by atoms with Gasteiger partial charge in [0.2, 0.25) is 5.91 Å². The normalized spacial score (nSPS) is 22.7. The van der Waals surface area contributed by atoms with E-state index in [-0.39, 0.29) is 18.6 Å². The number of carboxylic acid groups (broad SMARTS) is 1. The van der Waals surface area contributed by atoms with Crippen LogP contribution in [0.4, 0.5) is 0 Å². The summed E-state index contributed by atoms with van der Waals surface area (Å²) in [5.41, 5.74) is 1.03. The fraction of sp³-hybridized carbons (Fsp3) is 0.385. The molecular weight excluding hydrogens is 234 g/mol. The van der Waals surface area contributed by atoms with Gasteiger partial charge in [-0.15, -0.1) is 0 Å². The zero-order valence-electron chi connectivity index (χ0n) is 10.1. The summed E-state index contributed by atoms with van der Waals surface area (Å²) in [5.74, 6) is -2.38. The molecule has 0 aromatic heterocycles. The number of hydrogen-bond donors (Lipinski definition) is 1. The number of β-lactam (4-membered cyclic amide) rings is 1. The van der Waals surface area contributed by atoms with Crippen molar-refractivity contribution in [3.05, 3.63) is 35.9 Å². The van der Waals surface area contributed by atoms with E-state index in [9.17, 15) is 9.59 Å². The topological polar surface area (TPSA) is 66.8 Å². The van der Waals surface area contributed by atoms with E-state index in [1.54, 1.807) is 7.05 Å². The van der Waals surface area contributed by atoms with Gasteiger partial charge in [-0.1, -0.05) is 30.3 Å². The van der Waals surface area contributed by atoms with Crippen molar-refractivity contribution in [1.82, 2.24) is 4.90 Å². The van der Waals surface area contributed by atoms with E-state index < -0.39 is 11.9 Å². The lowest BCUT2D eigenvalue weighted by Gasteiger charge is -2.42. The lowest BCUT2D eigenvalue weighted by molar-refractivity contribution is -0.171. The first-order valence-electron chi connectivity index (χ1n) is 5.72. The number of ether oxygens (including phenoxy) is 1. The minimum atomic E-state index is -1.08.